The fourth-order valence-corrected chi connectivity index (χ4v) is 5.16. The molecule has 0 spiro atoms. The van der Waals surface area contributed by atoms with E-state index in [-0.39, 0.29) is 31.0 Å². The van der Waals surface area contributed by atoms with E-state index in [1.54, 1.807) is 28.5 Å². The molecule has 0 aliphatic carbocycles. The maximum atomic E-state index is 13.7. The Morgan fingerprint density at radius 1 is 1.02 bits per heavy atom. The van der Waals surface area contributed by atoms with Crippen LogP contribution in [0.4, 0.5) is 4.39 Å². The van der Waals surface area contributed by atoms with Crippen LogP contribution in [0.5, 0.6) is 0 Å². The van der Waals surface area contributed by atoms with Gasteiger partial charge in [0.25, 0.3) is 5.91 Å². The molecule has 4 atom stereocenters. The van der Waals surface area contributed by atoms with Crippen LogP contribution in [0.25, 0.3) is 11.4 Å². The SMILES string of the molecule is CSc1ccc([C@H](O)C(CO)NC(=O)c2nc(-c3ccc(F)cc3)n(CC[C@@H](O)C[C@@H](O)CC(=O)O)c2C(C)C)cc1. The van der Waals surface area contributed by atoms with E-state index in [1.807, 2.05) is 32.2 Å². The van der Waals surface area contributed by atoms with Gasteiger partial charge in [0.15, 0.2) is 0 Å². The molecule has 6 N–H and O–H groups in total. The Morgan fingerprint density at radius 3 is 2.21 bits per heavy atom. The second-order valence-electron chi connectivity index (χ2n) is 10.4. The van der Waals surface area contributed by atoms with E-state index in [1.165, 1.54) is 24.3 Å². The summed E-state index contributed by atoms with van der Waals surface area (Å²) in [6.07, 6.45) is -2.05. The zero-order valence-corrected chi connectivity index (χ0v) is 24.6. The predicted octanol–water partition coefficient (Wildman–Crippen LogP) is 3.34. The number of aliphatic carboxylic acids is 1. The first-order valence-corrected chi connectivity index (χ1v) is 14.9. The molecular formula is C30H38FN3O7S. The fraction of sp³-hybridized carbons (Fsp3) is 0.433. The Balaban J connectivity index is 1.94. The highest BCUT2D eigenvalue weighted by molar-refractivity contribution is 7.98. The van der Waals surface area contributed by atoms with Crippen molar-refractivity contribution in [3.05, 3.63) is 71.3 Å². The summed E-state index contributed by atoms with van der Waals surface area (Å²) in [6.45, 7) is 3.34. The summed E-state index contributed by atoms with van der Waals surface area (Å²) in [5.41, 5.74) is 1.60. The summed E-state index contributed by atoms with van der Waals surface area (Å²) >= 11 is 1.54. The van der Waals surface area contributed by atoms with Gasteiger partial charge in [-0.15, -0.1) is 11.8 Å². The largest absolute Gasteiger partial charge is 0.481 e. The highest BCUT2D eigenvalue weighted by Crippen LogP contribution is 2.30. The van der Waals surface area contributed by atoms with Crippen molar-refractivity contribution in [2.24, 2.45) is 0 Å². The number of aliphatic hydroxyl groups excluding tert-OH is 4. The number of thioether (sulfide) groups is 1. The third kappa shape index (κ3) is 8.62. The van der Waals surface area contributed by atoms with Gasteiger partial charge in [-0.2, -0.15) is 0 Å². The van der Waals surface area contributed by atoms with E-state index < -0.39 is 55.1 Å². The lowest BCUT2D eigenvalue weighted by molar-refractivity contribution is -0.139. The number of hydrogen-bond acceptors (Lipinski definition) is 8. The van der Waals surface area contributed by atoms with E-state index in [0.29, 0.717) is 22.6 Å². The minimum Gasteiger partial charge on any atom is -0.481 e. The molecule has 1 unspecified atom stereocenters. The number of carboxylic acid groups (broad SMARTS) is 1. The van der Waals surface area contributed by atoms with E-state index in [4.69, 9.17) is 5.11 Å². The van der Waals surface area contributed by atoms with Crippen LogP contribution in [-0.4, -0.2) is 78.1 Å². The summed E-state index contributed by atoms with van der Waals surface area (Å²) in [5.74, 6) is -2.15. The molecule has 0 aliphatic rings. The molecule has 0 aliphatic heterocycles. The lowest BCUT2D eigenvalue weighted by Crippen LogP contribution is -2.42. The third-order valence-electron chi connectivity index (χ3n) is 6.86. The minimum atomic E-state index is -1.22. The van der Waals surface area contributed by atoms with E-state index in [9.17, 15) is 34.4 Å². The summed E-state index contributed by atoms with van der Waals surface area (Å²) in [7, 11) is 0. The molecule has 3 rings (SSSR count). The van der Waals surface area contributed by atoms with Crippen molar-refractivity contribution in [2.45, 2.75) is 74.8 Å². The van der Waals surface area contributed by atoms with Crippen LogP contribution < -0.4 is 5.32 Å². The van der Waals surface area contributed by atoms with Crippen molar-refractivity contribution >= 4 is 23.6 Å². The van der Waals surface area contributed by atoms with E-state index in [0.717, 1.165) is 4.90 Å². The Kier molecular flexibility index (Phi) is 12.1. The number of halogens is 1. The van der Waals surface area contributed by atoms with Crippen molar-refractivity contribution in [1.82, 2.24) is 14.9 Å². The van der Waals surface area contributed by atoms with Gasteiger partial charge in [0.05, 0.1) is 37.0 Å². The van der Waals surface area contributed by atoms with Crippen molar-refractivity contribution in [1.29, 1.82) is 0 Å². The van der Waals surface area contributed by atoms with Gasteiger partial charge in [0.1, 0.15) is 23.4 Å². The number of aromatic nitrogens is 2. The van der Waals surface area contributed by atoms with Crippen molar-refractivity contribution in [3.63, 3.8) is 0 Å². The van der Waals surface area contributed by atoms with Crippen LogP contribution in [0.2, 0.25) is 0 Å². The second kappa shape index (κ2) is 15.3. The third-order valence-corrected chi connectivity index (χ3v) is 7.61. The first-order valence-electron chi connectivity index (χ1n) is 13.6. The molecular weight excluding hydrogens is 565 g/mol. The Labute approximate surface area is 248 Å². The number of amides is 1. The lowest BCUT2D eigenvalue weighted by Gasteiger charge is -2.23. The maximum absolute atomic E-state index is 13.7. The second-order valence-corrected chi connectivity index (χ2v) is 11.3. The van der Waals surface area contributed by atoms with Gasteiger partial charge in [-0.3, -0.25) is 9.59 Å². The van der Waals surface area contributed by atoms with Crippen LogP contribution in [0, 0.1) is 5.82 Å². The number of aliphatic hydroxyl groups is 4. The minimum absolute atomic E-state index is 0.0492. The molecule has 0 saturated heterocycles. The van der Waals surface area contributed by atoms with Crippen LogP contribution in [-0.2, 0) is 11.3 Å². The molecule has 1 heterocycles. The fourth-order valence-electron chi connectivity index (χ4n) is 4.75. The number of benzene rings is 2. The number of nitrogens with zero attached hydrogens (tertiary/aromatic N) is 2. The number of imidazole rings is 1. The molecule has 0 radical (unpaired) electrons. The molecule has 1 amide bonds. The van der Waals surface area contributed by atoms with E-state index >= 15 is 0 Å². The average Bonchev–Trinajstić information content (AvgIpc) is 3.34. The van der Waals surface area contributed by atoms with Crippen LogP contribution in [0.15, 0.2) is 53.4 Å². The lowest BCUT2D eigenvalue weighted by atomic mass is 10.0. The molecule has 3 aromatic rings. The highest BCUT2D eigenvalue weighted by Gasteiger charge is 2.29. The number of nitrogens with one attached hydrogen (secondary N) is 1. The van der Waals surface area contributed by atoms with Crippen LogP contribution in [0.1, 0.15) is 66.9 Å². The molecule has 228 valence electrons. The number of rotatable bonds is 15. The molecule has 10 nitrogen and oxygen atoms in total. The summed E-state index contributed by atoms with van der Waals surface area (Å²) in [4.78, 5) is 30.1. The summed E-state index contributed by atoms with van der Waals surface area (Å²) < 4.78 is 15.5. The first kappa shape index (κ1) is 33.2. The highest BCUT2D eigenvalue weighted by atomic mass is 32.2. The predicted molar refractivity (Wildman–Crippen MR) is 157 cm³/mol. The van der Waals surface area contributed by atoms with Gasteiger partial charge in [-0.05, 0) is 67.0 Å². The van der Waals surface area contributed by atoms with Crippen LogP contribution in [0.3, 0.4) is 0 Å². The van der Waals surface area contributed by atoms with Gasteiger partial charge in [-0.1, -0.05) is 26.0 Å². The first-order chi connectivity index (χ1) is 19.9. The quantitative estimate of drug-likeness (QED) is 0.143. The Hall–Kier alpha value is -3.29. The monoisotopic (exact) mass is 603 g/mol. The van der Waals surface area contributed by atoms with Gasteiger partial charge in [0, 0.05) is 17.0 Å². The number of carbonyl (C=O) groups is 2. The van der Waals surface area contributed by atoms with Gasteiger partial charge >= 0.3 is 5.97 Å². The van der Waals surface area contributed by atoms with E-state index in [2.05, 4.69) is 10.3 Å². The smallest absolute Gasteiger partial charge is 0.305 e. The maximum Gasteiger partial charge on any atom is 0.305 e. The Morgan fingerprint density at radius 2 is 1.67 bits per heavy atom. The zero-order valence-electron chi connectivity index (χ0n) is 23.8. The van der Waals surface area contributed by atoms with Crippen molar-refractivity contribution in [3.8, 4) is 11.4 Å². The molecule has 1 aromatic heterocycles. The summed E-state index contributed by atoms with van der Waals surface area (Å²) in [6, 6.07) is 11.7. The number of carbonyl (C=O) groups excluding carboxylic acids is 1. The standard InChI is InChI=1S/C30H38FN3O7S/c1-17(2)27-26(30(41)32-24(16-35)28(40)18-6-10-23(42-3)11-7-18)33-29(19-4-8-20(31)9-5-19)34(27)13-12-21(36)14-22(37)15-25(38)39/h4-11,17,21-22,24,28,35-37,40H,12-16H2,1-3H3,(H,32,41)(H,38,39)/t21-,22-,24?,28+/m1/s1. The van der Waals surface area contributed by atoms with Crippen molar-refractivity contribution in [2.75, 3.05) is 12.9 Å². The molecule has 0 fully saturated rings. The molecule has 0 bridgehead atoms. The Bertz CT molecular complexity index is 1330. The average molecular weight is 604 g/mol. The van der Waals surface area contributed by atoms with Crippen molar-refractivity contribution < 1.29 is 39.5 Å². The van der Waals surface area contributed by atoms with Gasteiger partial charge in [-0.25, -0.2) is 9.37 Å². The topological polar surface area (TPSA) is 165 Å². The normalized spacial score (nSPS) is 14.4. The van der Waals surface area contributed by atoms with Gasteiger partial charge in [0.2, 0.25) is 0 Å². The molecule has 0 saturated carbocycles. The zero-order chi connectivity index (χ0) is 31.0. The van der Waals surface area contributed by atoms with Crippen LogP contribution >= 0.6 is 11.8 Å². The molecule has 42 heavy (non-hydrogen) atoms. The molecule has 2 aromatic carbocycles. The summed E-state index contributed by atoms with van der Waals surface area (Å²) in [5, 5.41) is 53.0. The van der Waals surface area contributed by atoms with Gasteiger partial charge < -0.3 is 35.4 Å². The molecule has 12 heteroatoms. The number of hydrogen-bond donors (Lipinski definition) is 6. The number of carboxylic acids is 1.